The molecule has 0 aromatic carbocycles. The van der Waals surface area contributed by atoms with Gasteiger partial charge in [-0.05, 0) is 13.3 Å². The van der Waals surface area contributed by atoms with Gasteiger partial charge in [-0.3, -0.25) is 0 Å². The predicted molar refractivity (Wildman–Crippen MR) is 47.8 cm³/mol. The van der Waals surface area contributed by atoms with E-state index in [4.69, 9.17) is 15.4 Å². The predicted octanol–water partition coefficient (Wildman–Crippen LogP) is 1.37. The van der Waals surface area contributed by atoms with Crippen LogP contribution < -0.4 is 0 Å². The fourth-order valence-corrected chi connectivity index (χ4v) is 3.45. The summed E-state index contributed by atoms with van der Waals surface area (Å²) >= 11 is 0. The van der Waals surface area contributed by atoms with Gasteiger partial charge in [0.1, 0.15) is 0 Å². The Hall–Kier alpha value is 0.200. The molecule has 0 N–H and O–H groups in total. The lowest BCUT2D eigenvalue weighted by molar-refractivity contribution is 0.108. The van der Waals surface area contributed by atoms with Crippen LogP contribution in [0.5, 0.6) is 0 Å². The maximum Gasteiger partial charge on any atom is 0.236 e. The molecular formula is C7H13ClO3S. The van der Waals surface area contributed by atoms with Crippen molar-refractivity contribution in [3.05, 3.63) is 0 Å². The highest BCUT2D eigenvalue weighted by molar-refractivity contribution is 8.14. The first kappa shape index (κ1) is 10.3. The SMILES string of the molecule is CCOC[C@@]1(C)C[C@H]1S(=O)(=O)Cl. The van der Waals surface area contributed by atoms with Crippen LogP contribution in [-0.2, 0) is 13.8 Å². The summed E-state index contributed by atoms with van der Waals surface area (Å²) in [6.45, 7) is 4.87. The fraction of sp³-hybridized carbons (Fsp3) is 1.00. The highest BCUT2D eigenvalue weighted by Gasteiger charge is 2.57. The summed E-state index contributed by atoms with van der Waals surface area (Å²) < 4.78 is 26.9. The third-order valence-electron chi connectivity index (χ3n) is 2.24. The smallest absolute Gasteiger partial charge is 0.236 e. The largest absolute Gasteiger partial charge is 0.381 e. The van der Waals surface area contributed by atoms with Crippen LogP contribution in [0.25, 0.3) is 0 Å². The highest BCUT2D eigenvalue weighted by atomic mass is 35.7. The second-order valence-electron chi connectivity index (χ2n) is 3.46. The molecule has 0 aromatic heterocycles. The molecule has 0 bridgehead atoms. The van der Waals surface area contributed by atoms with Crippen molar-refractivity contribution < 1.29 is 13.2 Å². The molecule has 1 aliphatic rings. The molecule has 0 aromatic rings. The monoisotopic (exact) mass is 212 g/mol. The molecule has 0 radical (unpaired) electrons. The van der Waals surface area contributed by atoms with Gasteiger partial charge < -0.3 is 4.74 Å². The van der Waals surface area contributed by atoms with Crippen molar-refractivity contribution in [1.29, 1.82) is 0 Å². The lowest BCUT2D eigenvalue weighted by atomic mass is 10.2. The average Bonchev–Trinajstić information content (AvgIpc) is 2.59. The maximum absolute atomic E-state index is 10.9. The van der Waals surface area contributed by atoms with E-state index in [1.807, 2.05) is 13.8 Å². The van der Waals surface area contributed by atoms with E-state index in [2.05, 4.69) is 0 Å². The van der Waals surface area contributed by atoms with Gasteiger partial charge in [0, 0.05) is 22.7 Å². The van der Waals surface area contributed by atoms with Crippen LogP contribution in [0.3, 0.4) is 0 Å². The molecule has 0 heterocycles. The Morgan fingerprint density at radius 2 is 2.25 bits per heavy atom. The summed E-state index contributed by atoms with van der Waals surface area (Å²) in [5.74, 6) is 0. The van der Waals surface area contributed by atoms with Crippen molar-refractivity contribution in [3.8, 4) is 0 Å². The molecule has 1 aliphatic carbocycles. The summed E-state index contributed by atoms with van der Waals surface area (Å²) in [6, 6.07) is 0. The third kappa shape index (κ3) is 2.12. The van der Waals surface area contributed by atoms with Gasteiger partial charge in [0.2, 0.25) is 9.05 Å². The molecule has 72 valence electrons. The van der Waals surface area contributed by atoms with Crippen molar-refractivity contribution in [2.75, 3.05) is 13.2 Å². The van der Waals surface area contributed by atoms with Crippen molar-refractivity contribution in [3.63, 3.8) is 0 Å². The van der Waals surface area contributed by atoms with E-state index in [1.165, 1.54) is 0 Å². The molecule has 0 spiro atoms. The summed E-state index contributed by atoms with van der Waals surface area (Å²) in [5, 5.41) is -0.404. The van der Waals surface area contributed by atoms with Crippen LogP contribution in [0.2, 0.25) is 0 Å². The number of halogens is 1. The first-order valence-corrected chi connectivity index (χ1v) is 6.28. The van der Waals surface area contributed by atoms with Crippen LogP contribution >= 0.6 is 10.7 Å². The Labute approximate surface area is 77.5 Å². The quantitative estimate of drug-likeness (QED) is 0.662. The van der Waals surface area contributed by atoms with E-state index in [0.29, 0.717) is 19.6 Å². The molecule has 3 nitrogen and oxygen atoms in total. The molecule has 1 rings (SSSR count). The molecular weight excluding hydrogens is 200 g/mol. The van der Waals surface area contributed by atoms with Crippen LogP contribution in [0, 0.1) is 5.41 Å². The minimum Gasteiger partial charge on any atom is -0.381 e. The first-order chi connectivity index (χ1) is 5.40. The number of hydrogen-bond acceptors (Lipinski definition) is 3. The average molecular weight is 213 g/mol. The molecule has 1 saturated carbocycles. The highest BCUT2D eigenvalue weighted by Crippen LogP contribution is 2.51. The maximum atomic E-state index is 10.9. The zero-order valence-corrected chi connectivity index (χ0v) is 8.78. The summed E-state index contributed by atoms with van der Waals surface area (Å²) in [7, 11) is 1.84. The van der Waals surface area contributed by atoms with Gasteiger partial charge in [0.25, 0.3) is 0 Å². The van der Waals surface area contributed by atoms with Gasteiger partial charge in [-0.1, -0.05) is 6.92 Å². The molecule has 5 heteroatoms. The van der Waals surface area contributed by atoms with Crippen LogP contribution in [-0.4, -0.2) is 26.9 Å². The van der Waals surface area contributed by atoms with E-state index in [1.54, 1.807) is 0 Å². The second-order valence-corrected chi connectivity index (χ2v) is 6.27. The van der Waals surface area contributed by atoms with Crippen molar-refractivity contribution >= 4 is 19.7 Å². The van der Waals surface area contributed by atoms with Crippen molar-refractivity contribution in [2.24, 2.45) is 5.41 Å². The van der Waals surface area contributed by atoms with Gasteiger partial charge in [-0.2, -0.15) is 0 Å². The number of ether oxygens (including phenoxy) is 1. The van der Waals surface area contributed by atoms with Gasteiger partial charge in [0.15, 0.2) is 0 Å². The van der Waals surface area contributed by atoms with E-state index >= 15 is 0 Å². The minimum atomic E-state index is -3.38. The zero-order chi connectivity index (χ0) is 9.41. The molecule has 0 saturated heterocycles. The Morgan fingerprint density at radius 3 is 2.58 bits per heavy atom. The molecule has 12 heavy (non-hydrogen) atoms. The summed E-state index contributed by atoms with van der Waals surface area (Å²) in [6.07, 6.45) is 0.624. The minimum absolute atomic E-state index is 0.239. The summed E-state index contributed by atoms with van der Waals surface area (Å²) in [4.78, 5) is 0. The number of hydrogen-bond donors (Lipinski definition) is 0. The third-order valence-corrected chi connectivity index (χ3v) is 4.31. The number of rotatable bonds is 4. The van der Waals surface area contributed by atoms with Crippen molar-refractivity contribution in [1.82, 2.24) is 0 Å². The van der Waals surface area contributed by atoms with E-state index in [0.717, 1.165) is 0 Å². The van der Waals surface area contributed by atoms with Gasteiger partial charge in [-0.15, -0.1) is 0 Å². The summed E-state index contributed by atoms with van der Waals surface area (Å²) in [5.41, 5.74) is -0.239. The molecule has 2 atom stereocenters. The fourth-order valence-electron chi connectivity index (χ4n) is 1.29. The van der Waals surface area contributed by atoms with E-state index in [9.17, 15) is 8.42 Å². The van der Waals surface area contributed by atoms with E-state index in [-0.39, 0.29) is 5.41 Å². The Kier molecular flexibility index (Phi) is 2.71. The Balaban J connectivity index is 2.49. The second kappa shape index (κ2) is 3.16. The standard InChI is InChI=1S/C7H13ClO3S/c1-3-11-5-7(2)4-6(7)12(8,9)10/h6H,3-5H2,1-2H3/t6-,7-/m1/s1. The molecule has 0 aliphatic heterocycles. The lowest BCUT2D eigenvalue weighted by Gasteiger charge is -2.08. The Bertz CT molecular complexity index is 262. The van der Waals surface area contributed by atoms with Crippen LogP contribution in [0.15, 0.2) is 0 Å². The topological polar surface area (TPSA) is 43.4 Å². The first-order valence-electron chi connectivity index (χ1n) is 3.91. The Morgan fingerprint density at radius 1 is 1.67 bits per heavy atom. The van der Waals surface area contributed by atoms with Crippen LogP contribution in [0.1, 0.15) is 20.3 Å². The molecule has 0 amide bonds. The molecule has 1 fully saturated rings. The molecule has 0 unspecified atom stereocenters. The lowest BCUT2D eigenvalue weighted by Crippen LogP contribution is -2.14. The van der Waals surface area contributed by atoms with E-state index < -0.39 is 14.3 Å². The van der Waals surface area contributed by atoms with Gasteiger partial charge >= 0.3 is 0 Å². The normalized spacial score (nSPS) is 35.1. The van der Waals surface area contributed by atoms with Gasteiger partial charge in [-0.25, -0.2) is 8.42 Å². The van der Waals surface area contributed by atoms with Gasteiger partial charge in [0.05, 0.1) is 11.9 Å². The van der Waals surface area contributed by atoms with Crippen LogP contribution in [0.4, 0.5) is 0 Å². The van der Waals surface area contributed by atoms with Crippen molar-refractivity contribution in [2.45, 2.75) is 25.5 Å². The zero-order valence-electron chi connectivity index (χ0n) is 7.21.